The van der Waals surface area contributed by atoms with Crippen molar-refractivity contribution < 1.29 is 9.90 Å². The number of nitrogens with two attached hydrogens (primary N) is 1. The minimum atomic E-state index is -1.13. The van der Waals surface area contributed by atoms with Gasteiger partial charge in [0.2, 0.25) is 0 Å². The highest BCUT2D eigenvalue weighted by molar-refractivity contribution is 5.72. The predicted molar refractivity (Wildman–Crippen MR) is 74.3 cm³/mol. The van der Waals surface area contributed by atoms with E-state index in [-0.39, 0.29) is 5.82 Å². The SMILES string of the molecule is Nc1c2c(nn1C(=O)O)CN(Cc1ccccc1)CC2. The zero-order chi connectivity index (χ0) is 14.1. The maximum absolute atomic E-state index is 11.0. The summed E-state index contributed by atoms with van der Waals surface area (Å²) >= 11 is 0. The minimum Gasteiger partial charge on any atom is -0.463 e. The molecule has 1 aliphatic heterocycles. The summed E-state index contributed by atoms with van der Waals surface area (Å²) < 4.78 is 0.872. The van der Waals surface area contributed by atoms with Crippen molar-refractivity contribution in [2.24, 2.45) is 0 Å². The van der Waals surface area contributed by atoms with Gasteiger partial charge in [0.25, 0.3) is 0 Å². The molecule has 0 radical (unpaired) electrons. The van der Waals surface area contributed by atoms with Crippen molar-refractivity contribution in [1.82, 2.24) is 14.7 Å². The number of aromatic nitrogens is 2. The molecule has 1 aromatic heterocycles. The Bertz CT molecular complexity index is 636. The number of carboxylic acid groups (broad SMARTS) is 1. The second-order valence-electron chi connectivity index (χ2n) is 4.95. The summed E-state index contributed by atoms with van der Waals surface area (Å²) in [4.78, 5) is 13.3. The molecule has 0 fully saturated rings. The topological polar surface area (TPSA) is 84.4 Å². The number of benzene rings is 1. The number of fused-ring (bicyclic) bond motifs is 1. The first kappa shape index (κ1) is 12.7. The van der Waals surface area contributed by atoms with Crippen molar-refractivity contribution in [3.05, 3.63) is 47.2 Å². The monoisotopic (exact) mass is 272 g/mol. The number of nitrogens with zero attached hydrogens (tertiary/aromatic N) is 3. The van der Waals surface area contributed by atoms with Crippen LogP contribution in [0, 0.1) is 0 Å². The lowest BCUT2D eigenvalue weighted by Crippen LogP contribution is -2.30. The molecule has 1 aromatic carbocycles. The van der Waals surface area contributed by atoms with E-state index in [9.17, 15) is 4.79 Å². The van der Waals surface area contributed by atoms with Crippen LogP contribution in [0.15, 0.2) is 30.3 Å². The smallest absolute Gasteiger partial charge is 0.434 e. The van der Waals surface area contributed by atoms with E-state index < -0.39 is 6.09 Å². The van der Waals surface area contributed by atoms with Crippen molar-refractivity contribution in [1.29, 1.82) is 0 Å². The summed E-state index contributed by atoms with van der Waals surface area (Å²) in [7, 11) is 0. The molecule has 2 heterocycles. The fraction of sp³-hybridized carbons (Fsp3) is 0.286. The Hall–Kier alpha value is -2.34. The predicted octanol–water partition coefficient (Wildman–Crippen LogP) is 1.55. The minimum absolute atomic E-state index is 0.256. The number of carbonyl (C=O) groups is 1. The second-order valence-corrected chi connectivity index (χ2v) is 4.95. The van der Waals surface area contributed by atoms with Gasteiger partial charge in [-0.1, -0.05) is 30.3 Å². The molecule has 0 unspecified atom stereocenters. The number of rotatable bonds is 2. The van der Waals surface area contributed by atoms with Gasteiger partial charge in [-0.3, -0.25) is 4.90 Å². The molecule has 0 bridgehead atoms. The average molecular weight is 272 g/mol. The molecule has 20 heavy (non-hydrogen) atoms. The van der Waals surface area contributed by atoms with Crippen molar-refractivity contribution in [2.45, 2.75) is 19.5 Å². The Balaban J connectivity index is 1.79. The van der Waals surface area contributed by atoms with Crippen molar-refractivity contribution >= 4 is 11.9 Å². The summed E-state index contributed by atoms with van der Waals surface area (Å²) in [6.45, 7) is 2.33. The molecule has 0 saturated carbocycles. The number of nitrogen functional groups attached to an aromatic ring is 1. The van der Waals surface area contributed by atoms with Gasteiger partial charge in [-0.25, -0.2) is 4.79 Å². The first-order chi connectivity index (χ1) is 9.65. The van der Waals surface area contributed by atoms with E-state index in [1.807, 2.05) is 18.2 Å². The molecular weight excluding hydrogens is 256 g/mol. The zero-order valence-corrected chi connectivity index (χ0v) is 11.0. The molecule has 3 N–H and O–H groups in total. The van der Waals surface area contributed by atoms with Crippen LogP contribution in [-0.2, 0) is 19.5 Å². The third-order valence-corrected chi connectivity index (χ3v) is 3.59. The van der Waals surface area contributed by atoms with Crippen LogP contribution in [0.5, 0.6) is 0 Å². The molecule has 1 aliphatic rings. The van der Waals surface area contributed by atoms with E-state index in [0.717, 1.165) is 35.4 Å². The Kier molecular flexibility index (Phi) is 3.15. The Labute approximate surface area is 116 Å². The quantitative estimate of drug-likeness (QED) is 0.866. The van der Waals surface area contributed by atoms with Gasteiger partial charge in [-0.05, 0) is 12.0 Å². The molecule has 0 amide bonds. The first-order valence-electron chi connectivity index (χ1n) is 6.51. The van der Waals surface area contributed by atoms with Crippen LogP contribution >= 0.6 is 0 Å². The highest BCUT2D eigenvalue weighted by Gasteiger charge is 2.25. The van der Waals surface area contributed by atoms with Crippen LogP contribution in [0.1, 0.15) is 16.8 Å². The highest BCUT2D eigenvalue weighted by Crippen LogP contribution is 2.24. The van der Waals surface area contributed by atoms with Gasteiger partial charge in [-0.15, -0.1) is 4.68 Å². The number of hydrogen-bond acceptors (Lipinski definition) is 4. The Morgan fingerprint density at radius 2 is 2.10 bits per heavy atom. The summed E-state index contributed by atoms with van der Waals surface area (Å²) in [5.41, 5.74) is 8.70. The highest BCUT2D eigenvalue weighted by atomic mass is 16.4. The molecule has 6 heteroatoms. The molecule has 2 aromatic rings. The maximum atomic E-state index is 11.0. The van der Waals surface area contributed by atoms with Crippen molar-refractivity contribution in [2.75, 3.05) is 12.3 Å². The van der Waals surface area contributed by atoms with Crippen molar-refractivity contribution in [3.8, 4) is 0 Å². The summed E-state index contributed by atoms with van der Waals surface area (Å²) in [5, 5.41) is 13.1. The third-order valence-electron chi connectivity index (χ3n) is 3.59. The fourth-order valence-corrected chi connectivity index (χ4v) is 2.59. The van der Waals surface area contributed by atoms with Gasteiger partial charge >= 0.3 is 6.09 Å². The van der Waals surface area contributed by atoms with Gasteiger partial charge in [0, 0.05) is 25.2 Å². The summed E-state index contributed by atoms with van der Waals surface area (Å²) in [5.74, 6) is 0.256. The molecule has 104 valence electrons. The lowest BCUT2D eigenvalue weighted by atomic mass is 10.1. The molecule has 3 rings (SSSR count). The van der Waals surface area contributed by atoms with Gasteiger partial charge in [-0.2, -0.15) is 5.10 Å². The van der Waals surface area contributed by atoms with Gasteiger partial charge < -0.3 is 10.8 Å². The normalized spacial score (nSPS) is 15.0. The van der Waals surface area contributed by atoms with E-state index in [4.69, 9.17) is 10.8 Å². The van der Waals surface area contributed by atoms with Crippen LogP contribution < -0.4 is 5.73 Å². The molecule has 0 aliphatic carbocycles. The Morgan fingerprint density at radius 1 is 1.35 bits per heavy atom. The van der Waals surface area contributed by atoms with Crippen LogP contribution in [0.2, 0.25) is 0 Å². The molecule has 0 saturated heterocycles. The summed E-state index contributed by atoms with van der Waals surface area (Å²) in [6, 6.07) is 10.2. The standard InChI is InChI=1S/C14H16N4O2/c15-13-11-6-7-17(8-10-4-2-1-3-5-10)9-12(11)16-18(13)14(19)20/h1-5H,6-9,15H2,(H,19,20). The Morgan fingerprint density at radius 3 is 2.80 bits per heavy atom. The van der Waals surface area contributed by atoms with Gasteiger partial charge in [0.05, 0.1) is 5.69 Å². The second kappa shape index (κ2) is 4.97. The average Bonchev–Trinajstić information content (AvgIpc) is 2.77. The fourth-order valence-electron chi connectivity index (χ4n) is 2.59. The zero-order valence-electron chi connectivity index (χ0n) is 11.0. The van der Waals surface area contributed by atoms with E-state index >= 15 is 0 Å². The molecule has 0 atom stereocenters. The van der Waals surface area contributed by atoms with Gasteiger partial charge in [0.1, 0.15) is 5.82 Å². The van der Waals surface area contributed by atoms with Crippen LogP contribution in [0.3, 0.4) is 0 Å². The van der Waals surface area contributed by atoms with Crippen molar-refractivity contribution in [3.63, 3.8) is 0 Å². The molecular formula is C14H16N4O2. The first-order valence-corrected chi connectivity index (χ1v) is 6.51. The maximum Gasteiger partial charge on any atom is 0.434 e. The van der Waals surface area contributed by atoms with E-state index in [1.54, 1.807) is 0 Å². The number of hydrogen-bond donors (Lipinski definition) is 2. The largest absolute Gasteiger partial charge is 0.463 e. The van der Waals surface area contributed by atoms with E-state index in [0.29, 0.717) is 6.54 Å². The molecule has 6 nitrogen and oxygen atoms in total. The number of anilines is 1. The van der Waals surface area contributed by atoms with E-state index in [1.165, 1.54) is 5.56 Å². The molecule has 0 spiro atoms. The lowest BCUT2D eigenvalue weighted by Gasteiger charge is -2.25. The summed E-state index contributed by atoms with van der Waals surface area (Å²) in [6.07, 6.45) is -0.395. The van der Waals surface area contributed by atoms with Gasteiger partial charge in [0.15, 0.2) is 0 Å². The van der Waals surface area contributed by atoms with Crippen LogP contribution in [0.25, 0.3) is 0 Å². The third kappa shape index (κ3) is 2.25. The van der Waals surface area contributed by atoms with Crippen LogP contribution in [0.4, 0.5) is 10.6 Å². The van der Waals surface area contributed by atoms with E-state index in [2.05, 4.69) is 22.1 Å². The lowest BCUT2D eigenvalue weighted by molar-refractivity contribution is 0.192. The van der Waals surface area contributed by atoms with Crippen LogP contribution in [-0.4, -0.2) is 32.4 Å².